The van der Waals surface area contributed by atoms with E-state index in [1.807, 2.05) is 38.4 Å². The van der Waals surface area contributed by atoms with Crippen molar-refractivity contribution in [2.75, 3.05) is 6.54 Å². The summed E-state index contributed by atoms with van der Waals surface area (Å²) in [5.74, 6) is 0.907. The SMILES string of the molecule is CCCn1ccnc1[C@@H]1c2nc[nH]c2CCN1Cc1ccc(C)c(F)c1C. The molecule has 4 rings (SSSR count). The van der Waals surface area contributed by atoms with Gasteiger partial charge in [0.1, 0.15) is 17.7 Å². The van der Waals surface area contributed by atoms with Crippen molar-refractivity contribution in [2.45, 2.75) is 52.7 Å². The molecule has 0 bridgehead atoms. The van der Waals surface area contributed by atoms with E-state index in [1.165, 1.54) is 5.69 Å². The molecule has 3 aromatic rings. The third-order valence-electron chi connectivity index (χ3n) is 5.55. The summed E-state index contributed by atoms with van der Waals surface area (Å²) in [5.41, 5.74) is 4.66. The zero-order valence-corrected chi connectivity index (χ0v) is 16.2. The summed E-state index contributed by atoms with van der Waals surface area (Å²) in [7, 11) is 0. The molecule has 2 aromatic heterocycles. The van der Waals surface area contributed by atoms with Gasteiger partial charge in [0, 0.05) is 44.1 Å². The number of aromatic nitrogens is 4. The molecule has 1 N–H and O–H groups in total. The first-order chi connectivity index (χ1) is 13.1. The quantitative estimate of drug-likeness (QED) is 0.744. The Kier molecular flexibility index (Phi) is 4.83. The van der Waals surface area contributed by atoms with Gasteiger partial charge in [0.05, 0.1) is 12.0 Å². The van der Waals surface area contributed by atoms with Gasteiger partial charge in [-0.15, -0.1) is 0 Å². The van der Waals surface area contributed by atoms with E-state index < -0.39 is 0 Å². The second-order valence-corrected chi connectivity index (χ2v) is 7.35. The highest BCUT2D eigenvalue weighted by Crippen LogP contribution is 2.34. The zero-order valence-electron chi connectivity index (χ0n) is 16.2. The maximum Gasteiger partial charge on any atom is 0.132 e. The third-order valence-corrected chi connectivity index (χ3v) is 5.55. The predicted octanol–water partition coefficient (Wildman–Crippen LogP) is 3.92. The topological polar surface area (TPSA) is 49.7 Å². The van der Waals surface area contributed by atoms with Gasteiger partial charge in [0.25, 0.3) is 0 Å². The third kappa shape index (κ3) is 3.18. The Morgan fingerprint density at radius 1 is 1.26 bits per heavy atom. The predicted molar refractivity (Wildman–Crippen MR) is 103 cm³/mol. The number of aryl methyl sites for hydroxylation is 2. The number of aromatic amines is 1. The highest BCUT2D eigenvalue weighted by molar-refractivity contribution is 5.33. The number of hydrogen-bond acceptors (Lipinski definition) is 3. The van der Waals surface area contributed by atoms with Gasteiger partial charge in [-0.05, 0) is 37.0 Å². The van der Waals surface area contributed by atoms with Crippen LogP contribution in [0.3, 0.4) is 0 Å². The zero-order chi connectivity index (χ0) is 19.0. The lowest BCUT2D eigenvalue weighted by atomic mass is 9.98. The standard InChI is InChI=1S/C21H26FN5/c1-4-9-26-11-8-23-21(26)20-19-17(24-13-25-19)7-10-27(20)12-16-6-5-14(2)18(22)15(16)3/h5-6,8,11,13,20H,4,7,9-10,12H2,1-3H3,(H,24,25)/t20-/m0/s1. The van der Waals surface area contributed by atoms with Gasteiger partial charge in [-0.25, -0.2) is 14.4 Å². The minimum Gasteiger partial charge on any atom is -0.348 e. The molecule has 6 heteroatoms. The minimum absolute atomic E-state index is 0.0229. The van der Waals surface area contributed by atoms with Gasteiger partial charge in [0.2, 0.25) is 0 Å². The van der Waals surface area contributed by atoms with Crippen molar-refractivity contribution in [1.29, 1.82) is 0 Å². The van der Waals surface area contributed by atoms with E-state index in [-0.39, 0.29) is 11.9 Å². The summed E-state index contributed by atoms with van der Waals surface area (Å²) in [6.07, 6.45) is 7.63. The summed E-state index contributed by atoms with van der Waals surface area (Å²) in [6.45, 7) is 8.34. The smallest absolute Gasteiger partial charge is 0.132 e. The Labute approximate surface area is 159 Å². The van der Waals surface area contributed by atoms with E-state index in [0.717, 1.165) is 48.6 Å². The summed E-state index contributed by atoms with van der Waals surface area (Å²) in [5, 5.41) is 0. The fourth-order valence-electron chi connectivity index (χ4n) is 4.03. The van der Waals surface area contributed by atoms with Crippen LogP contribution < -0.4 is 0 Å². The number of imidazole rings is 2. The highest BCUT2D eigenvalue weighted by Gasteiger charge is 2.34. The molecule has 1 aromatic carbocycles. The molecule has 142 valence electrons. The van der Waals surface area contributed by atoms with Crippen molar-refractivity contribution < 1.29 is 4.39 Å². The number of nitrogens with zero attached hydrogens (tertiary/aromatic N) is 4. The molecule has 0 amide bonds. The van der Waals surface area contributed by atoms with Crippen LogP contribution in [0.4, 0.5) is 4.39 Å². The van der Waals surface area contributed by atoms with Crippen LogP contribution in [0.1, 0.15) is 53.3 Å². The molecule has 5 nitrogen and oxygen atoms in total. The largest absolute Gasteiger partial charge is 0.348 e. The molecule has 1 aliphatic rings. The second-order valence-electron chi connectivity index (χ2n) is 7.35. The Morgan fingerprint density at radius 3 is 2.93 bits per heavy atom. The minimum atomic E-state index is -0.103. The lowest BCUT2D eigenvalue weighted by Crippen LogP contribution is -2.37. The molecule has 0 saturated carbocycles. The van der Waals surface area contributed by atoms with Gasteiger partial charge < -0.3 is 9.55 Å². The van der Waals surface area contributed by atoms with E-state index in [9.17, 15) is 4.39 Å². The van der Waals surface area contributed by atoms with Crippen LogP contribution >= 0.6 is 0 Å². The van der Waals surface area contributed by atoms with Crippen molar-refractivity contribution in [3.05, 3.63) is 70.6 Å². The number of hydrogen-bond donors (Lipinski definition) is 1. The maximum atomic E-state index is 14.4. The summed E-state index contributed by atoms with van der Waals surface area (Å²) < 4.78 is 16.6. The van der Waals surface area contributed by atoms with Crippen LogP contribution in [0.15, 0.2) is 30.9 Å². The first kappa shape index (κ1) is 17.9. The highest BCUT2D eigenvalue weighted by atomic mass is 19.1. The van der Waals surface area contributed by atoms with Crippen molar-refractivity contribution in [2.24, 2.45) is 0 Å². The van der Waals surface area contributed by atoms with Crippen molar-refractivity contribution in [3.8, 4) is 0 Å². The van der Waals surface area contributed by atoms with Crippen molar-refractivity contribution in [3.63, 3.8) is 0 Å². The fraction of sp³-hybridized carbons (Fsp3) is 0.429. The van der Waals surface area contributed by atoms with Gasteiger partial charge in [0.15, 0.2) is 0 Å². The number of benzene rings is 1. The Hall–Kier alpha value is -2.47. The van der Waals surface area contributed by atoms with E-state index in [2.05, 4.69) is 31.3 Å². The molecule has 1 aliphatic heterocycles. The van der Waals surface area contributed by atoms with Crippen LogP contribution in [0.2, 0.25) is 0 Å². The number of rotatable bonds is 5. The van der Waals surface area contributed by atoms with Crippen LogP contribution in [-0.2, 0) is 19.5 Å². The molecule has 0 spiro atoms. The second kappa shape index (κ2) is 7.27. The fourth-order valence-corrected chi connectivity index (χ4v) is 4.03. The summed E-state index contributed by atoms with van der Waals surface area (Å²) in [6, 6.07) is 3.89. The van der Waals surface area contributed by atoms with E-state index in [1.54, 1.807) is 6.33 Å². The maximum absolute atomic E-state index is 14.4. The van der Waals surface area contributed by atoms with Crippen molar-refractivity contribution in [1.82, 2.24) is 24.4 Å². The molecular formula is C21H26FN5. The van der Waals surface area contributed by atoms with Gasteiger partial charge in [-0.2, -0.15) is 0 Å². The van der Waals surface area contributed by atoms with E-state index >= 15 is 0 Å². The van der Waals surface area contributed by atoms with Crippen molar-refractivity contribution >= 4 is 0 Å². The Balaban J connectivity index is 1.73. The van der Waals surface area contributed by atoms with Crippen LogP contribution in [-0.4, -0.2) is 31.0 Å². The van der Waals surface area contributed by atoms with Gasteiger partial charge >= 0.3 is 0 Å². The normalized spacial score (nSPS) is 17.3. The lowest BCUT2D eigenvalue weighted by molar-refractivity contribution is 0.189. The number of fused-ring (bicyclic) bond motifs is 1. The van der Waals surface area contributed by atoms with Gasteiger partial charge in [-0.1, -0.05) is 19.1 Å². The molecule has 0 saturated heterocycles. The Morgan fingerprint density at radius 2 is 2.11 bits per heavy atom. The number of H-pyrrole nitrogens is 1. The molecule has 3 heterocycles. The number of nitrogens with one attached hydrogen (secondary N) is 1. The number of halogens is 1. The lowest BCUT2D eigenvalue weighted by Gasteiger charge is -2.35. The van der Waals surface area contributed by atoms with Gasteiger partial charge in [-0.3, -0.25) is 4.90 Å². The molecule has 0 unspecified atom stereocenters. The summed E-state index contributed by atoms with van der Waals surface area (Å²) in [4.78, 5) is 14.9. The first-order valence-electron chi connectivity index (χ1n) is 9.62. The van der Waals surface area contributed by atoms with E-state index in [4.69, 9.17) is 0 Å². The molecule has 27 heavy (non-hydrogen) atoms. The average Bonchev–Trinajstić information content (AvgIpc) is 3.32. The monoisotopic (exact) mass is 367 g/mol. The van der Waals surface area contributed by atoms with Crippen LogP contribution in [0, 0.1) is 19.7 Å². The molecule has 0 aliphatic carbocycles. The van der Waals surface area contributed by atoms with E-state index in [0.29, 0.717) is 12.1 Å². The Bertz CT molecular complexity index is 942. The molecule has 0 fully saturated rings. The van der Waals surface area contributed by atoms with Crippen LogP contribution in [0.25, 0.3) is 0 Å². The van der Waals surface area contributed by atoms with Crippen LogP contribution in [0.5, 0.6) is 0 Å². The molecule has 0 radical (unpaired) electrons. The average molecular weight is 367 g/mol. The summed E-state index contributed by atoms with van der Waals surface area (Å²) >= 11 is 0. The molecular weight excluding hydrogens is 341 g/mol. The first-order valence-corrected chi connectivity index (χ1v) is 9.62. The molecule has 1 atom stereocenters.